The van der Waals surface area contributed by atoms with Gasteiger partial charge in [-0.1, -0.05) is 6.92 Å². The molecule has 2 aromatic rings. The molecule has 0 heterocycles. The first-order valence-corrected chi connectivity index (χ1v) is 8.64. The van der Waals surface area contributed by atoms with Gasteiger partial charge in [0.1, 0.15) is 5.75 Å². The van der Waals surface area contributed by atoms with Gasteiger partial charge in [0.15, 0.2) is 6.61 Å². The van der Waals surface area contributed by atoms with Gasteiger partial charge in [-0.15, -0.1) is 0 Å². The zero-order chi connectivity index (χ0) is 21.2. The summed E-state index contributed by atoms with van der Waals surface area (Å²) in [7, 11) is 0. The third kappa shape index (κ3) is 6.61. The first kappa shape index (κ1) is 21.4. The number of hydrogen-bond donors (Lipinski definition) is 2. The average molecular weight is 401 g/mol. The molecule has 2 rings (SSSR count). The van der Waals surface area contributed by atoms with E-state index in [-0.39, 0.29) is 17.9 Å². The number of nitrogens with zero attached hydrogens (tertiary/aromatic N) is 1. The van der Waals surface area contributed by atoms with Gasteiger partial charge in [0.05, 0.1) is 17.1 Å². The molecular formula is C19H19N3O7. The number of ether oxygens (including phenoxy) is 2. The molecule has 0 saturated heterocycles. The second kappa shape index (κ2) is 10.4. The summed E-state index contributed by atoms with van der Waals surface area (Å²) >= 11 is 0. The van der Waals surface area contributed by atoms with Crippen molar-refractivity contribution in [3.05, 3.63) is 69.8 Å². The van der Waals surface area contributed by atoms with Crippen LogP contribution in [0.15, 0.2) is 48.5 Å². The maximum absolute atomic E-state index is 11.9. The number of hydrazine groups is 1. The van der Waals surface area contributed by atoms with Gasteiger partial charge in [0.25, 0.3) is 17.5 Å². The summed E-state index contributed by atoms with van der Waals surface area (Å²) < 4.78 is 10.3. The van der Waals surface area contributed by atoms with Crippen LogP contribution in [0.3, 0.4) is 0 Å². The number of carbonyl (C=O) groups is 3. The van der Waals surface area contributed by atoms with Crippen LogP contribution < -0.4 is 15.6 Å². The highest BCUT2D eigenvalue weighted by Gasteiger charge is 2.11. The predicted molar refractivity (Wildman–Crippen MR) is 101 cm³/mol. The van der Waals surface area contributed by atoms with Crippen LogP contribution in [0.1, 0.15) is 34.1 Å². The van der Waals surface area contributed by atoms with E-state index in [9.17, 15) is 24.5 Å². The molecular weight excluding hydrogens is 382 g/mol. The fourth-order valence-electron chi connectivity index (χ4n) is 2.08. The number of non-ortho nitro benzene ring substituents is 1. The lowest BCUT2D eigenvalue weighted by Crippen LogP contribution is -2.43. The zero-order valence-corrected chi connectivity index (χ0v) is 15.5. The topological polar surface area (TPSA) is 137 Å². The molecule has 2 N–H and O–H groups in total. The van der Waals surface area contributed by atoms with E-state index in [0.29, 0.717) is 17.9 Å². The van der Waals surface area contributed by atoms with E-state index in [1.807, 2.05) is 6.92 Å². The first-order valence-electron chi connectivity index (χ1n) is 8.64. The van der Waals surface area contributed by atoms with E-state index in [1.165, 1.54) is 48.5 Å². The van der Waals surface area contributed by atoms with Crippen LogP contribution in [0.2, 0.25) is 0 Å². The van der Waals surface area contributed by atoms with Crippen LogP contribution in [-0.4, -0.2) is 35.9 Å². The highest BCUT2D eigenvalue weighted by Crippen LogP contribution is 2.13. The van der Waals surface area contributed by atoms with Crippen molar-refractivity contribution >= 4 is 23.5 Å². The summed E-state index contributed by atoms with van der Waals surface area (Å²) in [5.74, 6) is -1.34. The number of nitrogens with one attached hydrogen (secondary N) is 2. The van der Waals surface area contributed by atoms with E-state index in [1.54, 1.807) is 0 Å². The molecule has 0 fully saturated rings. The predicted octanol–water partition coefficient (Wildman–Crippen LogP) is 2.00. The second-order valence-electron chi connectivity index (χ2n) is 5.76. The lowest BCUT2D eigenvalue weighted by atomic mass is 10.2. The van der Waals surface area contributed by atoms with Gasteiger partial charge < -0.3 is 9.47 Å². The van der Waals surface area contributed by atoms with Gasteiger partial charge in [0, 0.05) is 17.7 Å². The summed E-state index contributed by atoms with van der Waals surface area (Å²) in [6, 6.07) is 11.0. The molecule has 0 saturated carbocycles. The van der Waals surface area contributed by atoms with E-state index in [2.05, 4.69) is 10.9 Å². The van der Waals surface area contributed by atoms with Crippen LogP contribution >= 0.6 is 0 Å². The van der Waals surface area contributed by atoms with Crippen molar-refractivity contribution in [3.8, 4) is 5.75 Å². The molecule has 0 aliphatic carbocycles. The summed E-state index contributed by atoms with van der Waals surface area (Å²) in [5.41, 5.74) is 4.71. The molecule has 2 amide bonds. The minimum absolute atomic E-state index is 0.141. The Morgan fingerprint density at radius 1 is 0.966 bits per heavy atom. The molecule has 0 aliphatic rings. The van der Waals surface area contributed by atoms with Gasteiger partial charge >= 0.3 is 5.97 Å². The van der Waals surface area contributed by atoms with Gasteiger partial charge in [-0.25, -0.2) is 4.79 Å². The van der Waals surface area contributed by atoms with Crippen molar-refractivity contribution in [1.82, 2.24) is 10.9 Å². The third-order valence-corrected chi connectivity index (χ3v) is 3.55. The monoisotopic (exact) mass is 401 g/mol. The molecule has 10 nitrogen and oxygen atoms in total. The Morgan fingerprint density at radius 2 is 1.59 bits per heavy atom. The molecule has 10 heteroatoms. The molecule has 2 aromatic carbocycles. The van der Waals surface area contributed by atoms with E-state index in [0.717, 1.165) is 6.42 Å². The zero-order valence-electron chi connectivity index (χ0n) is 15.5. The summed E-state index contributed by atoms with van der Waals surface area (Å²) in [6.45, 7) is 1.85. The molecule has 0 radical (unpaired) electrons. The standard InChI is InChI=1S/C19H19N3O7/c1-2-11-28-19(25)14-5-9-16(10-6-14)29-12-17(23)20-21-18(24)13-3-7-15(8-4-13)22(26)27/h3-10H,2,11-12H2,1H3,(H,20,23)(H,21,24). The van der Waals surface area contributed by atoms with Crippen molar-refractivity contribution < 1.29 is 28.8 Å². The van der Waals surface area contributed by atoms with Crippen LogP contribution in [-0.2, 0) is 9.53 Å². The molecule has 29 heavy (non-hydrogen) atoms. The summed E-state index contributed by atoms with van der Waals surface area (Å²) in [4.78, 5) is 45.4. The maximum atomic E-state index is 11.9. The fraction of sp³-hybridized carbons (Fsp3) is 0.211. The Kier molecular flexibility index (Phi) is 7.66. The van der Waals surface area contributed by atoms with Crippen molar-refractivity contribution in [2.75, 3.05) is 13.2 Å². The fourth-order valence-corrected chi connectivity index (χ4v) is 2.08. The Morgan fingerprint density at radius 3 is 2.17 bits per heavy atom. The lowest BCUT2D eigenvalue weighted by molar-refractivity contribution is -0.384. The van der Waals surface area contributed by atoms with Crippen LogP contribution in [0.5, 0.6) is 5.75 Å². The number of nitro benzene ring substituents is 1. The number of benzene rings is 2. The summed E-state index contributed by atoms with van der Waals surface area (Å²) in [6.07, 6.45) is 0.725. The molecule has 152 valence electrons. The van der Waals surface area contributed by atoms with Gasteiger partial charge in [0.2, 0.25) is 0 Å². The largest absolute Gasteiger partial charge is 0.484 e. The van der Waals surface area contributed by atoms with Crippen molar-refractivity contribution in [3.63, 3.8) is 0 Å². The van der Waals surface area contributed by atoms with Crippen LogP contribution in [0.25, 0.3) is 0 Å². The second-order valence-corrected chi connectivity index (χ2v) is 5.76. The van der Waals surface area contributed by atoms with Crippen LogP contribution in [0.4, 0.5) is 5.69 Å². The highest BCUT2D eigenvalue weighted by molar-refractivity contribution is 5.95. The molecule has 0 spiro atoms. The molecule has 0 unspecified atom stereocenters. The smallest absolute Gasteiger partial charge is 0.338 e. The third-order valence-electron chi connectivity index (χ3n) is 3.55. The Bertz CT molecular complexity index is 880. The maximum Gasteiger partial charge on any atom is 0.338 e. The highest BCUT2D eigenvalue weighted by atomic mass is 16.6. The number of hydrogen-bond acceptors (Lipinski definition) is 7. The number of nitro groups is 1. The number of esters is 1. The molecule has 0 aliphatic heterocycles. The molecule has 0 atom stereocenters. The lowest BCUT2D eigenvalue weighted by Gasteiger charge is -2.09. The molecule has 0 bridgehead atoms. The SMILES string of the molecule is CCCOC(=O)c1ccc(OCC(=O)NNC(=O)c2ccc([N+](=O)[O-])cc2)cc1. The normalized spacial score (nSPS) is 9.97. The Hall–Kier alpha value is -3.95. The van der Waals surface area contributed by atoms with Crippen molar-refractivity contribution in [2.45, 2.75) is 13.3 Å². The Labute approximate surface area is 165 Å². The van der Waals surface area contributed by atoms with Crippen LogP contribution in [0, 0.1) is 10.1 Å². The average Bonchev–Trinajstić information content (AvgIpc) is 2.74. The number of carbonyl (C=O) groups excluding carboxylic acids is 3. The minimum Gasteiger partial charge on any atom is -0.484 e. The Balaban J connectivity index is 1.77. The van der Waals surface area contributed by atoms with Gasteiger partial charge in [-0.3, -0.25) is 30.6 Å². The van der Waals surface area contributed by atoms with Crippen molar-refractivity contribution in [2.24, 2.45) is 0 Å². The quantitative estimate of drug-likeness (QED) is 0.392. The molecule has 0 aromatic heterocycles. The van der Waals surface area contributed by atoms with Gasteiger partial charge in [-0.05, 0) is 42.8 Å². The number of rotatable bonds is 8. The van der Waals surface area contributed by atoms with E-state index < -0.39 is 22.7 Å². The number of amides is 2. The van der Waals surface area contributed by atoms with Gasteiger partial charge in [-0.2, -0.15) is 0 Å². The first-order chi connectivity index (χ1) is 13.9. The van der Waals surface area contributed by atoms with Crippen molar-refractivity contribution in [1.29, 1.82) is 0 Å². The minimum atomic E-state index is -0.636. The van der Waals surface area contributed by atoms with E-state index in [4.69, 9.17) is 9.47 Å². The summed E-state index contributed by atoms with van der Waals surface area (Å²) in [5, 5.41) is 10.6. The van der Waals surface area contributed by atoms with E-state index >= 15 is 0 Å².